The number of carbonyl (C=O) groups is 3. The Morgan fingerprint density at radius 3 is 2.31 bits per heavy atom. The number of fused-ring (bicyclic) bond motifs is 1. The van der Waals surface area contributed by atoms with Crippen LogP contribution in [0.5, 0.6) is 0 Å². The van der Waals surface area contributed by atoms with E-state index in [1.54, 1.807) is 23.1 Å². The number of nitrogens with one attached hydrogen (secondary N) is 2. The number of halogens is 5. The molecule has 1 saturated heterocycles. The summed E-state index contributed by atoms with van der Waals surface area (Å²) in [5.74, 6) is -2.65. The first-order valence-corrected chi connectivity index (χ1v) is 15.9. The number of nitrogens with zero attached hydrogens (tertiary/aromatic N) is 4. The number of rotatable bonds is 9. The Morgan fingerprint density at radius 2 is 1.67 bits per heavy atom. The number of anilines is 3. The predicted molar refractivity (Wildman–Crippen MR) is 178 cm³/mol. The Kier molecular flexibility index (Phi) is 10.9. The quantitative estimate of drug-likeness (QED) is 0.125. The number of urea groups is 1. The second-order valence-corrected chi connectivity index (χ2v) is 12.7. The summed E-state index contributed by atoms with van der Waals surface area (Å²) in [4.78, 5) is 38.9. The molecule has 1 aliphatic rings. The van der Waals surface area contributed by atoms with Gasteiger partial charge in [0.15, 0.2) is 5.82 Å². The van der Waals surface area contributed by atoms with Gasteiger partial charge in [0.25, 0.3) is 0 Å². The van der Waals surface area contributed by atoms with E-state index in [-0.39, 0.29) is 30.5 Å². The third kappa shape index (κ3) is 8.17. The standard InChI is InChI=1S/C34H36F5N7O6/c1-33(2,15-26(47)51-4)52-32(49)45-11-9-18(10-12-45)28-21(16-50-3)27(29-30(40)44-41-17-46(28)29)19-5-8-24(23(36)13-19)42-31(48)43-25-14-20(34(37,38)39)6-7-22(25)35/h5-8,13-14,17-18H,9-12,15-16H2,1-4H3,(H2,40,44)(H2,42,43,48). The highest BCUT2D eigenvalue weighted by atomic mass is 19.4. The van der Waals surface area contributed by atoms with Gasteiger partial charge in [-0.25, -0.2) is 18.4 Å². The number of carbonyl (C=O) groups excluding carboxylic acids is 3. The highest BCUT2D eigenvalue weighted by molar-refractivity contribution is 6.00. The first-order valence-electron chi connectivity index (χ1n) is 15.9. The normalized spacial score (nSPS) is 14.0. The van der Waals surface area contributed by atoms with Gasteiger partial charge >= 0.3 is 24.3 Å². The smallest absolute Gasteiger partial charge is 0.416 e. The largest absolute Gasteiger partial charge is 0.469 e. The third-order valence-electron chi connectivity index (χ3n) is 8.56. The highest BCUT2D eigenvalue weighted by Gasteiger charge is 2.35. The van der Waals surface area contributed by atoms with Crippen molar-refractivity contribution in [2.75, 3.05) is 43.7 Å². The first kappa shape index (κ1) is 37.7. The van der Waals surface area contributed by atoms with E-state index in [9.17, 15) is 31.9 Å². The summed E-state index contributed by atoms with van der Waals surface area (Å²) in [5.41, 5.74) is 5.62. The topological polar surface area (TPSA) is 162 Å². The molecule has 18 heteroatoms. The van der Waals surface area contributed by atoms with Crippen molar-refractivity contribution in [2.45, 2.75) is 57.4 Å². The summed E-state index contributed by atoms with van der Waals surface area (Å²) in [5, 5.41) is 12.2. The summed E-state index contributed by atoms with van der Waals surface area (Å²) >= 11 is 0. The molecule has 52 heavy (non-hydrogen) atoms. The number of amides is 3. The van der Waals surface area contributed by atoms with Crippen LogP contribution in [0.3, 0.4) is 0 Å². The van der Waals surface area contributed by atoms with E-state index < -0.39 is 52.8 Å². The molecule has 2 aromatic heterocycles. The van der Waals surface area contributed by atoms with E-state index in [1.165, 1.54) is 32.7 Å². The zero-order valence-corrected chi connectivity index (χ0v) is 28.6. The Morgan fingerprint density at radius 1 is 0.981 bits per heavy atom. The molecular formula is C34H36F5N7O6. The molecule has 0 unspecified atom stereocenters. The molecule has 3 heterocycles. The van der Waals surface area contributed by atoms with Gasteiger partial charge in [-0.05, 0) is 62.6 Å². The summed E-state index contributed by atoms with van der Waals surface area (Å²) in [6.45, 7) is 3.95. The van der Waals surface area contributed by atoms with Crippen molar-refractivity contribution in [3.05, 3.63) is 71.2 Å². The molecule has 3 amide bonds. The van der Waals surface area contributed by atoms with E-state index in [1.807, 2.05) is 5.32 Å². The van der Waals surface area contributed by atoms with Crippen LogP contribution in [0.1, 0.15) is 55.8 Å². The minimum Gasteiger partial charge on any atom is -0.469 e. The van der Waals surface area contributed by atoms with Crippen LogP contribution in [-0.2, 0) is 31.8 Å². The van der Waals surface area contributed by atoms with Gasteiger partial charge in [0.05, 0.1) is 42.6 Å². The van der Waals surface area contributed by atoms with E-state index >= 15 is 4.39 Å². The van der Waals surface area contributed by atoms with E-state index in [0.29, 0.717) is 66.3 Å². The fraction of sp³-hybridized carbons (Fsp3) is 0.382. The van der Waals surface area contributed by atoms with Crippen LogP contribution >= 0.6 is 0 Å². The predicted octanol–water partition coefficient (Wildman–Crippen LogP) is 6.72. The summed E-state index contributed by atoms with van der Waals surface area (Å²) in [6.07, 6.45) is -3.00. The summed E-state index contributed by atoms with van der Waals surface area (Å²) in [7, 11) is 2.74. The maximum atomic E-state index is 15.6. The number of hydrogen-bond donors (Lipinski definition) is 3. The number of piperidine rings is 1. The zero-order chi connectivity index (χ0) is 38.0. The third-order valence-corrected chi connectivity index (χ3v) is 8.56. The molecule has 4 N–H and O–H groups in total. The molecule has 278 valence electrons. The molecule has 13 nitrogen and oxygen atoms in total. The van der Waals surface area contributed by atoms with Gasteiger partial charge < -0.3 is 35.5 Å². The molecule has 0 saturated carbocycles. The van der Waals surface area contributed by atoms with Crippen LogP contribution < -0.4 is 16.4 Å². The van der Waals surface area contributed by atoms with Crippen LogP contribution in [0.2, 0.25) is 0 Å². The number of nitrogen functional groups attached to an aromatic ring is 1. The van der Waals surface area contributed by atoms with Crippen LogP contribution in [0, 0.1) is 11.6 Å². The minimum atomic E-state index is -4.78. The molecule has 1 fully saturated rings. The minimum absolute atomic E-state index is 0.0417. The SMILES string of the molecule is COCc1c(-c2ccc(NC(=O)Nc3cc(C(F)(F)F)ccc3F)c(F)c2)c2c(N)nncn2c1C1CCN(C(=O)OC(C)(C)CC(=O)OC)CC1. The van der Waals surface area contributed by atoms with Crippen molar-refractivity contribution in [1.29, 1.82) is 0 Å². The van der Waals surface area contributed by atoms with Crippen molar-refractivity contribution in [1.82, 2.24) is 19.5 Å². The van der Waals surface area contributed by atoms with Crippen molar-refractivity contribution in [3.63, 3.8) is 0 Å². The number of benzene rings is 2. The van der Waals surface area contributed by atoms with Crippen molar-refractivity contribution in [2.24, 2.45) is 0 Å². The number of hydrogen-bond acceptors (Lipinski definition) is 9. The number of methoxy groups -OCH3 is 2. The summed E-state index contributed by atoms with van der Waals surface area (Å²) < 4.78 is 86.7. The van der Waals surface area contributed by atoms with Gasteiger partial charge in [-0.15, -0.1) is 10.2 Å². The Labute approximate surface area is 294 Å². The molecule has 5 rings (SSSR count). The number of nitrogens with two attached hydrogens (primary N) is 1. The molecule has 0 bridgehead atoms. The van der Waals surface area contributed by atoms with Crippen molar-refractivity contribution in [3.8, 4) is 11.1 Å². The first-order chi connectivity index (χ1) is 24.5. The lowest BCUT2D eigenvalue weighted by Gasteiger charge is -2.34. The average Bonchev–Trinajstić information content (AvgIpc) is 3.40. The second kappa shape index (κ2) is 15.0. The fourth-order valence-corrected chi connectivity index (χ4v) is 6.20. The van der Waals surface area contributed by atoms with Gasteiger partial charge in [0.1, 0.15) is 23.6 Å². The number of esters is 1. The monoisotopic (exact) mass is 733 g/mol. The molecular weight excluding hydrogens is 697 g/mol. The van der Waals surface area contributed by atoms with Crippen LogP contribution in [0.4, 0.5) is 48.7 Å². The van der Waals surface area contributed by atoms with Crippen LogP contribution in [0.25, 0.3) is 16.6 Å². The van der Waals surface area contributed by atoms with E-state index in [0.717, 1.165) is 11.8 Å². The number of aromatic nitrogens is 3. The molecule has 1 aliphatic heterocycles. The van der Waals surface area contributed by atoms with Crippen molar-refractivity contribution < 1.29 is 50.5 Å². The Balaban J connectivity index is 1.40. The van der Waals surface area contributed by atoms with E-state index in [2.05, 4.69) is 15.5 Å². The molecule has 0 radical (unpaired) electrons. The van der Waals surface area contributed by atoms with Gasteiger partial charge in [0.2, 0.25) is 0 Å². The lowest BCUT2D eigenvalue weighted by atomic mass is 9.89. The second-order valence-electron chi connectivity index (χ2n) is 12.7. The molecule has 4 aromatic rings. The average molecular weight is 734 g/mol. The molecule has 2 aromatic carbocycles. The van der Waals surface area contributed by atoms with Crippen LogP contribution in [0.15, 0.2) is 42.7 Å². The van der Waals surface area contributed by atoms with Gasteiger partial charge in [-0.3, -0.25) is 9.20 Å². The number of ether oxygens (including phenoxy) is 3. The fourth-order valence-electron chi connectivity index (χ4n) is 6.20. The van der Waals surface area contributed by atoms with Gasteiger partial charge in [-0.1, -0.05) is 6.07 Å². The molecule has 0 spiro atoms. The van der Waals surface area contributed by atoms with Gasteiger partial charge in [-0.2, -0.15) is 13.2 Å². The lowest BCUT2D eigenvalue weighted by Crippen LogP contribution is -2.43. The van der Waals surface area contributed by atoms with Crippen LogP contribution in [-0.4, -0.2) is 70.5 Å². The maximum Gasteiger partial charge on any atom is 0.416 e. The number of likely N-dealkylation sites (tertiary alicyclic amines) is 1. The Hall–Kier alpha value is -5.52. The Bertz CT molecular complexity index is 1990. The number of alkyl halides is 3. The molecule has 0 aliphatic carbocycles. The zero-order valence-electron chi connectivity index (χ0n) is 28.6. The summed E-state index contributed by atoms with van der Waals surface area (Å²) in [6, 6.07) is 4.21. The van der Waals surface area contributed by atoms with Gasteiger partial charge in [0, 0.05) is 42.9 Å². The van der Waals surface area contributed by atoms with Crippen molar-refractivity contribution >= 4 is 40.8 Å². The lowest BCUT2D eigenvalue weighted by molar-refractivity contribution is -0.145. The highest BCUT2D eigenvalue weighted by Crippen LogP contribution is 2.42. The van der Waals surface area contributed by atoms with E-state index in [4.69, 9.17) is 19.9 Å². The maximum absolute atomic E-state index is 15.6. The molecule has 0 atom stereocenters.